The smallest absolute Gasteiger partial charge is 0.256 e. The van der Waals surface area contributed by atoms with Gasteiger partial charge in [0.1, 0.15) is 11.9 Å². The number of ether oxygens (including phenoxy) is 2. The van der Waals surface area contributed by atoms with Gasteiger partial charge in [-0.2, -0.15) is 0 Å². The van der Waals surface area contributed by atoms with Crippen LogP contribution in [0.25, 0.3) is 0 Å². The van der Waals surface area contributed by atoms with Crippen molar-refractivity contribution in [1.29, 1.82) is 0 Å². The number of carbonyl (C=O) groups excluding carboxylic acids is 1. The van der Waals surface area contributed by atoms with Crippen LogP contribution in [0.4, 0.5) is 5.69 Å². The highest BCUT2D eigenvalue weighted by molar-refractivity contribution is 5.96. The van der Waals surface area contributed by atoms with E-state index in [2.05, 4.69) is 4.98 Å². The van der Waals surface area contributed by atoms with Gasteiger partial charge in [-0.3, -0.25) is 9.78 Å². The van der Waals surface area contributed by atoms with Crippen molar-refractivity contribution in [3.05, 3.63) is 54.4 Å². The van der Waals surface area contributed by atoms with Gasteiger partial charge in [0.25, 0.3) is 5.91 Å². The van der Waals surface area contributed by atoms with Crippen molar-refractivity contribution in [2.75, 3.05) is 18.6 Å². The predicted octanol–water partition coefficient (Wildman–Crippen LogP) is 2.80. The maximum atomic E-state index is 12.8. The van der Waals surface area contributed by atoms with Crippen LogP contribution >= 0.6 is 0 Å². The zero-order valence-electron chi connectivity index (χ0n) is 13.1. The number of hydrogen-bond donors (Lipinski definition) is 0. The third-order valence-corrected chi connectivity index (χ3v) is 3.95. The van der Waals surface area contributed by atoms with E-state index >= 15 is 0 Å². The second-order valence-electron chi connectivity index (χ2n) is 5.48. The Hall–Kier alpha value is -2.40. The molecule has 1 aliphatic heterocycles. The average molecular weight is 312 g/mol. The number of benzene rings is 1. The lowest BCUT2D eigenvalue weighted by Crippen LogP contribution is -2.38. The molecule has 2 aromatic rings. The van der Waals surface area contributed by atoms with Crippen molar-refractivity contribution >= 4 is 11.6 Å². The van der Waals surface area contributed by atoms with Crippen LogP contribution in [0.5, 0.6) is 5.75 Å². The van der Waals surface area contributed by atoms with Gasteiger partial charge in [-0.25, -0.2) is 0 Å². The molecule has 0 bridgehead atoms. The minimum atomic E-state index is -0.346. The van der Waals surface area contributed by atoms with Gasteiger partial charge in [0.05, 0.1) is 13.7 Å². The zero-order valence-corrected chi connectivity index (χ0v) is 13.1. The Bertz CT molecular complexity index is 637. The topological polar surface area (TPSA) is 51.7 Å². The van der Waals surface area contributed by atoms with Crippen molar-refractivity contribution in [2.24, 2.45) is 0 Å². The molecule has 23 heavy (non-hydrogen) atoms. The molecule has 0 aliphatic carbocycles. The van der Waals surface area contributed by atoms with Gasteiger partial charge in [0.15, 0.2) is 0 Å². The number of carbonyl (C=O) groups is 1. The van der Waals surface area contributed by atoms with E-state index < -0.39 is 0 Å². The maximum absolute atomic E-state index is 12.8. The molecule has 1 atom stereocenters. The van der Waals surface area contributed by atoms with Crippen LogP contribution in [-0.4, -0.2) is 30.7 Å². The first kappa shape index (κ1) is 15.5. The minimum Gasteiger partial charge on any atom is -0.497 e. The fraction of sp³-hybridized carbons (Fsp3) is 0.333. The molecule has 0 spiro atoms. The maximum Gasteiger partial charge on any atom is 0.256 e. The van der Waals surface area contributed by atoms with E-state index in [-0.39, 0.29) is 12.0 Å². The van der Waals surface area contributed by atoms with Crippen LogP contribution in [0.15, 0.2) is 48.8 Å². The third-order valence-electron chi connectivity index (χ3n) is 3.95. The summed E-state index contributed by atoms with van der Waals surface area (Å²) < 4.78 is 10.7. The molecular weight excluding hydrogens is 292 g/mol. The second kappa shape index (κ2) is 7.24. The summed E-state index contributed by atoms with van der Waals surface area (Å²) in [4.78, 5) is 18.6. The Morgan fingerprint density at radius 1 is 1.26 bits per heavy atom. The van der Waals surface area contributed by atoms with Gasteiger partial charge in [0, 0.05) is 24.7 Å². The van der Waals surface area contributed by atoms with Crippen LogP contribution < -0.4 is 9.64 Å². The van der Waals surface area contributed by atoms with Crippen molar-refractivity contribution in [1.82, 2.24) is 4.98 Å². The molecule has 5 heteroatoms. The molecule has 0 unspecified atom stereocenters. The molecule has 0 N–H and O–H groups in total. The molecule has 1 aromatic heterocycles. The highest BCUT2D eigenvalue weighted by atomic mass is 16.5. The van der Waals surface area contributed by atoms with Crippen LogP contribution in [-0.2, 0) is 16.1 Å². The number of nitrogens with zero attached hydrogens (tertiary/aromatic N) is 2. The number of rotatable bonds is 5. The van der Waals surface area contributed by atoms with Crippen molar-refractivity contribution < 1.29 is 14.3 Å². The predicted molar refractivity (Wildman–Crippen MR) is 87.4 cm³/mol. The number of hydrogen-bond acceptors (Lipinski definition) is 4. The van der Waals surface area contributed by atoms with Crippen LogP contribution in [0.2, 0.25) is 0 Å². The second-order valence-corrected chi connectivity index (χ2v) is 5.48. The number of methoxy groups -OCH3 is 1. The molecule has 5 nitrogen and oxygen atoms in total. The van der Waals surface area contributed by atoms with Crippen LogP contribution in [0, 0.1) is 0 Å². The van der Waals surface area contributed by atoms with Gasteiger partial charge < -0.3 is 14.4 Å². The standard InChI is InChI=1S/C18H20N2O3/c1-22-16-6-4-14(5-7-16)13-20(15-8-10-19-11-9-15)18(21)17-3-2-12-23-17/h4-11,17H,2-3,12-13H2,1H3/t17-/m0/s1. The minimum absolute atomic E-state index is 0.00418. The van der Waals surface area contributed by atoms with Gasteiger partial charge in [0.2, 0.25) is 0 Å². The molecule has 1 aromatic carbocycles. The summed E-state index contributed by atoms with van der Waals surface area (Å²) in [7, 11) is 1.64. The lowest BCUT2D eigenvalue weighted by molar-refractivity contribution is -0.127. The molecule has 1 amide bonds. The van der Waals surface area contributed by atoms with E-state index in [1.54, 1.807) is 24.4 Å². The molecule has 0 radical (unpaired) electrons. The van der Waals surface area contributed by atoms with Crippen molar-refractivity contribution in [2.45, 2.75) is 25.5 Å². The fourth-order valence-electron chi connectivity index (χ4n) is 2.68. The Balaban J connectivity index is 1.83. The summed E-state index contributed by atoms with van der Waals surface area (Å²) in [5, 5.41) is 0. The monoisotopic (exact) mass is 312 g/mol. The summed E-state index contributed by atoms with van der Waals surface area (Å²) in [6, 6.07) is 11.4. The van der Waals surface area contributed by atoms with Gasteiger partial charge in [-0.05, 0) is 42.7 Å². The summed E-state index contributed by atoms with van der Waals surface area (Å²) in [6.07, 6.45) is 4.76. The first-order valence-corrected chi connectivity index (χ1v) is 7.74. The lowest BCUT2D eigenvalue weighted by Gasteiger charge is -2.25. The summed E-state index contributed by atoms with van der Waals surface area (Å²) in [5.74, 6) is 0.805. The summed E-state index contributed by atoms with van der Waals surface area (Å²) in [5.41, 5.74) is 1.87. The molecule has 1 aliphatic rings. The quantitative estimate of drug-likeness (QED) is 0.852. The van der Waals surface area contributed by atoms with Gasteiger partial charge in [-0.15, -0.1) is 0 Å². The summed E-state index contributed by atoms with van der Waals surface area (Å²) in [6.45, 7) is 1.15. The Morgan fingerprint density at radius 3 is 2.61 bits per heavy atom. The fourth-order valence-corrected chi connectivity index (χ4v) is 2.68. The van der Waals surface area contributed by atoms with E-state index in [0.29, 0.717) is 13.2 Å². The Labute approximate surface area is 135 Å². The Kier molecular flexibility index (Phi) is 4.88. The third kappa shape index (κ3) is 3.68. The van der Waals surface area contributed by atoms with E-state index in [4.69, 9.17) is 9.47 Å². The normalized spacial score (nSPS) is 17.0. The zero-order chi connectivity index (χ0) is 16.1. The molecule has 1 saturated heterocycles. The first-order chi connectivity index (χ1) is 11.3. The number of anilines is 1. The number of aromatic nitrogens is 1. The van der Waals surface area contributed by atoms with Crippen LogP contribution in [0.1, 0.15) is 18.4 Å². The highest BCUT2D eigenvalue weighted by Gasteiger charge is 2.29. The summed E-state index contributed by atoms with van der Waals surface area (Å²) >= 11 is 0. The van der Waals surface area contributed by atoms with E-state index in [1.807, 2.05) is 36.4 Å². The highest BCUT2D eigenvalue weighted by Crippen LogP contribution is 2.23. The van der Waals surface area contributed by atoms with Crippen molar-refractivity contribution in [3.8, 4) is 5.75 Å². The lowest BCUT2D eigenvalue weighted by atomic mass is 10.1. The Morgan fingerprint density at radius 2 is 2.00 bits per heavy atom. The molecule has 120 valence electrons. The first-order valence-electron chi connectivity index (χ1n) is 7.74. The molecule has 0 saturated carbocycles. The van der Waals surface area contributed by atoms with E-state index in [0.717, 1.165) is 29.8 Å². The number of amides is 1. The largest absolute Gasteiger partial charge is 0.497 e. The van der Waals surface area contributed by atoms with Crippen molar-refractivity contribution in [3.63, 3.8) is 0 Å². The molecule has 1 fully saturated rings. The van der Waals surface area contributed by atoms with E-state index in [9.17, 15) is 4.79 Å². The van der Waals surface area contributed by atoms with Gasteiger partial charge in [-0.1, -0.05) is 12.1 Å². The van der Waals surface area contributed by atoms with Gasteiger partial charge >= 0.3 is 0 Å². The van der Waals surface area contributed by atoms with E-state index in [1.165, 1.54) is 0 Å². The SMILES string of the molecule is COc1ccc(CN(C(=O)[C@@H]2CCCO2)c2ccncc2)cc1. The van der Waals surface area contributed by atoms with Crippen LogP contribution in [0.3, 0.4) is 0 Å². The average Bonchev–Trinajstić information content (AvgIpc) is 3.15. The number of pyridine rings is 1. The molecular formula is C18H20N2O3. The molecule has 2 heterocycles. The molecule has 3 rings (SSSR count).